The molecule has 66 heavy (non-hydrogen) atoms. The van der Waals surface area contributed by atoms with E-state index in [1.54, 1.807) is 12.2 Å². The lowest BCUT2D eigenvalue weighted by Crippen LogP contribution is -2.61. The molecule has 344 valence electrons. The zero-order chi connectivity index (χ0) is 45.5. The summed E-state index contributed by atoms with van der Waals surface area (Å²) in [6.45, 7) is 12.9. The number of nitrogens with one attached hydrogen (secondary N) is 1. The van der Waals surface area contributed by atoms with Gasteiger partial charge in [0.2, 0.25) is 17.7 Å². The fraction of sp³-hybridized carbons (Fsp3) is 0.554. The Morgan fingerprint density at radius 2 is 1.15 bits per heavy atom. The van der Waals surface area contributed by atoms with E-state index in [2.05, 4.69) is 50.6 Å². The van der Waals surface area contributed by atoms with E-state index in [1.807, 2.05) is 54.6 Å². The Balaban J connectivity index is 0.994. The van der Waals surface area contributed by atoms with Gasteiger partial charge in [0, 0.05) is 41.9 Å². The number of benzene rings is 2. The van der Waals surface area contributed by atoms with Crippen LogP contribution in [0.3, 0.4) is 0 Å². The van der Waals surface area contributed by atoms with Crippen LogP contribution in [-0.4, -0.2) is 63.3 Å². The van der Waals surface area contributed by atoms with E-state index in [-0.39, 0.29) is 72.3 Å². The molecule has 14 rings (SSSR count). The SMILES string of the molecule is C=C[C@H]1C=C[C@H]2[C@@H]3C[C@H](C)CC[C@H]3[C@@H]3Oc4ccc(cc4)C[C@]4(O)NC(=O)[C@H](C(=O)[C@@H]1[C@H]23)C4N1C(=O)[C@H]2C(=O)[C@H]3[C@@H](C=C)C=C[C@H]4[C@@H]5C[C@H](C)CC[C@H]5[C@H](Oc5ccc(cc5)C[C@@H]2C1=O)[C@@H]43. The predicted octanol–water partition coefficient (Wildman–Crippen LogP) is 7.11. The van der Waals surface area contributed by atoms with Crippen LogP contribution in [-0.2, 0) is 36.8 Å². The number of amides is 3. The molecule has 21 atom stereocenters. The fourth-order valence-corrected chi connectivity index (χ4v) is 16.2. The van der Waals surface area contributed by atoms with Crippen molar-refractivity contribution in [3.8, 4) is 11.5 Å². The second kappa shape index (κ2) is 15.5. The maximum Gasteiger partial charge on any atom is 0.241 e. The Hall–Kier alpha value is -5.09. The van der Waals surface area contributed by atoms with Gasteiger partial charge in [-0.15, -0.1) is 13.2 Å². The number of hydrogen-bond donors (Lipinski definition) is 2. The van der Waals surface area contributed by atoms with Gasteiger partial charge >= 0.3 is 0 Å². The number of aliphatic hydroxyl groups is 1. The van der Waals surface area contributed by atoms with Gasteiger partial charge in [-0.25, -0.2) is 0 Å². The van der Waals surface area contributed by atoms with Crippen LogP contribution in [0.4, 0.5) is 0 Å². The summed E-state index contributed by atoms with van der Waals surface area (Å²) in [4.78, 5) is 79.1. The van der Waals surface area contributed by atoms with E-state index < -0.39 is 76.7 Å². The second-order valence-electron chi connectivity index (χ2n) is 22.4. The first-order chi connectivity index (χ1) is 31.9. The van der Waals surface area contributed by atoms with Crippen LogP contribution in [0.2, 0.25) is 0 Å². The molecule has 2 saturated heterocycles. The molecule has 0 aromatic heterocycles. The lowest BCUT2D eigenvalue weighted by atomic mass is 9.64. The second-order valence-corrected chi connectivity index (χ2v) is 22.4. The number of carbonyl (C=O) groups excluding carboxylic acids is 5. The quantitative estimate of drug-likeness (QED) is 0.189. The summed E-state index contributed by atoms with van der Waals surface area (Å²) < 4.78 is 14.0. The summed E-state index contributed by atoms with van der Waals surface area (Å²) in [5.74, 6) is -6.61. The van der Waals surface area contributed by atoms with Gasteiger partial charge in [-0.3, -0.25) is 28.9 Å². The maximum absolute atomic E-state index is 15.9. The van der Waals surface area contributed by atoms with Gasteiger partial charge < -0.3 is 19.9 Å². The van der Waals surface area contributed by atoms with Crippen molar-refractivity contribution in [1.82, 2.24) is 10.2 Å². The molecule has 4 saturated carbocycles. The van der Waals surface area contributed by atoms with Crippen LogP contribution < -0.4 is 14.8 Å². The number of Topliss-reactive ketones (excluding diaryl/α,β-unsaturated/α-hetero) is 2. The zero-order valence-corrected chi connectivity index (χ0v) is 38.0. The summed E-state index contributed by atoms with van der Waals surface area (Å²) in [7, 11) is 0. The Bertz CT molecular complexity index is 2460. The average Bonchev–Trinajstić information content (AvgIpc) is 3.95. The molecule has 2 aromatic rings. The number of hydrogen-bond acceptors (Lipinski definition) is 8. The Kier molecular flexibility index (Phi) is 9.91. The molecule has 6 heterocycles. The van der Waals surface area contributed by atoms with Gasteiger partial charge in [-0.2, -0.15) is 0 Å². The van der Waals surface area contributed by atoms with Crippen LogP contribution in [0, 0.1) is 101 Å². The molecule has 3 amide bonds. The minimum atomic E-state index is -2.24. The Labute approximate surface area is 387 Å². The molecule has 10 nitrogen and oxygen atoms in total. The van der Waals surface area contributed by atoms with Crippen molar-refractivity contribution < 1.29 is 38.6 Å². The molecule has 6 aliphatic heterocycles. The third-order valence-electron chi connectivity index (χ3n) is 19.0. The Morgan fingerprint density at radius 1 is 0.652 bits per heavy atom. The number of ketones is 2. The van der Waals surface area contributed by atoms with E-state index in [1.165, 1.54) is 0 Å². The number of nitrogens with zero attached hydrogens (tertiary/aromatic N) is 1. The molecule has 1 unspecified atom stereocenters. The van der Waals surface area contributed by atoms with Gasteiger partial charge in [0.25, 0.3) is 0 Å². The average molecular weight is 891 g/mol. The van der Waals surface area contributed by atoms with Crippen molar-refractivity contribution in [3.05, 3.63) is 109 Å². The molecule has 6 aliphatic carbocycles. The standard InChI is InChI=1S/C56H62N2O8/c1-5-31-13-21-35-39-23-27(3)7-19-37(39)50-44(35)42(31)48(59)46-41(25-29-9-15-33(65-50)16-10-29)54(62)58(55(46)63)52-47-49(60)43-32(6-2)14-22-36-40-24-28(4)8-20-38(40)51(45(36)43)66-34-17-11-30(12-18-34)26-56(52,64)57-53(47)61/h5-6,9-18,21-22,27-28,31-32,35-47,50-52,64H,1-2,7-8,19-20,23-26H2,3-4H3,(H,57,61)/t27-,28-,31+,32+,35+,36+,37-,38-,39+,40+,41+,42+,43+,44+,45+,46-,47-,50+,51+,52?,56-/m1/s1. The molecular weight excluding hydrogens is 829 g/mol. The smallest absolute Gasteiger partial charge is 0.241 e. The van der Waals surface area contributed by atoms with E-state index in [0.29, 0.717) is 34.8 Å². The topological polar surface area (TPSA) is 139 Å². The molecule has 0 spiro atoms. The molecule has 2 aromatic carbocycles. The van der Waals surface area contributed by atoms with Crippen LogP contribution in [0.1, 0.15) is 63.5 Å². The van der Waals surface area contributed by atoms with Crippen molar-refractivity contribution in [2.45, 2.75) is 89.2 Å². The highest BCUT2D eigenvalue weighted by molar-refractivity contribution is 6.18. The minimum Gasteiger partial charge on any atom is -0.490 e. The van der Waals surface area contributed by atoms with Crippen molar-refractivity contribution in [2.75, 3.05) is 0 Å². The summed E-state index contributed by atoms with van der Waals surface area (Å²) in [5, 5.41) is 15.9. The number of rotatable bonds is 3. The molecular formula is C56H62N2O8. The lowest BCUT2D eigenvalue weighted by molar-refractivity contribution is -0.154. The normalized spacial score (nSPS) is 46.2. The number of imide groups is 1. The summed E-state index contributed by atoms with van der Waals surface area (Å²) >= 11 is 0. The summed E-state index contributed by atoms with van der Waals surface area (Å²) in [5.41, 5.74) is -0.864. The summed E-state index contributed by atoms with van der Waals surface area (Å²) in [6.07, 6.45) is 17.5. The first-order valence-electron chi connectivity index (χ1n) is 25.0. The molecule has 12 aliphatic rings. The maximum atomic E-state index is 15.9. The van der Waals surface area contributed by atoms with E-state index >= 15 is 19.2 Å². The van der Waals surface area contributed by atoms with Crippen molar-refractivity contribution in [2.24, 2.45) is 101 Å². The molecule has 10 heteroatoms. The van der Waals surface area contributed by atoms with Gasteiger partial charge in [-0.05, 0) is 115 Å². The monoisotopic (exact) mass is 890 g/mol. The largest absolute Gasteiger partial charge is 0.490 e. The first kappa shape index (κ1) is 42.3. The van der Waals surface area contributed by atoms with E-state index in [0.717, 1.165) is 49.0 Å². The number of likely N-dealkylation sites (tertiary alicyclic amines) is 1. The van der Waals surface area contributed by atoms with Crippen LogP contribution >= 0.6 is 0 Å². The number of ether oxygens (including phenoxy) is 2. The highest BCUT2D eigenvalue weighted by atomic mass is 16.5. The van der Waals surface area contributed by atoms with Gasteiger partial charge in [-0.1, -0.05) is 87.4 Å². The molecule has 0 radical (unpaired) electrons. The zero-order valence-electron chi connectivity index (χ0n) is 38.0. The van der Waals surface area contributed by atoms with Crippen molar-refractivity contribution in [3.63, 3.8) is 0 Å². The van der Waals surface area contributed by atoms with E-state index in [4.69, 9.17) is 9.47 Å². The lowest BCUT2D eigenvalue weighted by Gasteiger charge is -2.41. The van der Waals surface area contributed by atoms with Crippen LogP contribution in [0.5, 0.6) is 11.5 Å². The number of fused-ring (bicyclic) bond motifs is 8. The molecule has 6 fully saturated rings. The van der Waals surface area contributed by atoms with Gasteiger partial charge in [0.05, 0.1) is 5.92 Å². The fourth-order valence-electron chi connectivity index (χ4n) is 16.2. The summed E-state index contributed by atoms with van der Waals surface area (Å²) in [6, 6.07) is 13.5. The van der Waals surface area contributed by atoms with Crippen LogP contribution in [0.25, 0.3) is 0 Å². The van der Waals surface area contributed by atoms with Gasteiger partial charge in [0.15, 0.2) is 17.3 Å². The number of allylic oxidation sites excluding steroid dienone is 6. The minimum absolute atomic E-state index is 0.00354. The van der Waals surface area contributed by atoms with Crippen molar-refractivity contribution >= 4 is 29.3 Å². The third-order valence-corrected chi connectivity index (χ3v) is 19.0. The highest BCUT2D eigenvalue weighted by Crippen LogP contribution is 2.60. The number of carbonyl (C=O) groups is 5. The first-order valence-corrected chi connectivity index (χ1v) is 25.0. The molecule has 2 N–H and O–H groups in total. The Morgan fingerprint density at radius 3 is 1.67 bits per heavy atom. The predicted molar refractivity (Wildman–Crippen MR) is 245 cm³/mol. The van der Waals surface area contributed by atoms with Crippen molar-refractivity contribution in [1.29, 1.82) is 0 Å². The van der Waals surface area contributed by atoms with Gasteiger partial charge in [0.1, 0.15) is 41.6 Å². The van der Waals surface area contributed by atoms with E-state index in [9.17, 15) is 9.90 Å². The highest BCUT2D eigenvalue weighted by Gasteiger charge is 2.69. The van der Waals surface area contributed by atoms with Crippen LogP contribution in [0.15, 0.2) is 98.1 Å². The third kappa shape index (κ3) is 6.17. The molecule has 6 bridgehead atoms.